The highest BCUT2D eigenvalue weighted by molar-refractivity contribution is 7.13. The summed E-state index contributed by atoms with van der Waals surface area (Å²) in [4.78, 5) is 16.1. The molecule has 1 unspecified atom stereocenters. The molecule has 0 radical (unpaired) electrons. The van der Waals surface area contributed by atoms with E-state index in [4.69, 9.17) is 5.73 Å². The SMILES string of the molecule is Cc1cccc(CC(CC(=O)Cc2csc(N)n2)B(O)O)c1O. The van der Waals surface area contributed by atoms with Crippen molar-refractivity contribution in [3.8, 4) is 5.75 Å². The van der Waals surface area contributed by atoms with Gasteiger partial charge in [0.05, 0.1) is 5.69 Å². The van der Waals surface area contributed by atoms with Crippen molar-refractivity contribution in [3.05, 3.63) is 40.4 Å². The van der Waals surface area contributed by atoms with Gasteiger partial charge in [-0.05, 0) is 24.5 Å². The summed E-state index contributed by atoms with van der Waals surface area (Å²) in [5.41, 5.74) is 7.41. The molecule has 1 aromatic carbocycles. The third-order valence-corrected chi connectivity index (χ3v) is 4.39. The van der Waals surface area contributed by atoms with Crippen molar-refractivity contribution in [1.82, 2.24) is 4.98 Å². The van der Waals surface area contributed by atoms with Gasteiger partial charge < -0.3 is 20.9 Å². The molecule has 23 heavy (non-hydrogen) atoms. The molecule has 1 aromatic heterocycles. The van der Waals surface area contributed by atoms with E-state index in [2.05, 4.69) is 4.98 Å². The normalized spacial score (nSPS) is 12.1. The molecule has 1 atom stereocenters. The Hall–Kier alpha value is -1.90. The van der Waals surface area contributed by atoms with Gasteiger partial charge in [0, 0.05) is 24.0 Å². The number of nitrogens with zero attached hydrogens (tertiary/aromatic N) is 1. The quantitative estimate of drug-likeness (QED) is 0.568. The summed E-state index contributed by atoms with van der Waals surface area (Å²) < 4.78 is 0. The number of hydrogen-bond acceptors (Lipinski definition) is 7. The number of nitrogen functional groups attached to an aromatic ring is 1. The number of carbonyl (C=O) groups is 1. The molecule has 1 heterocycles. The lowest BCUT2D eigenvalue weighted by Crippen LogP contribution is -2.25. The van der Waals surface area contributed by atoms with E-state index in [0.717, 1.165) is 0 Å². The first-order valence-electron chi connectivity index (χ1n) is 7.22. The number of phenols is 1. The van der Waals surface area contributed by atoms with Crippen LogP contribution in [0.4, 0.5) is 5.13 Å². The molecule has 2 aromatic rings. The number of benzene rings is 1. The number of carbonyl (C=O) groups excluding carboxylic acids is 1. The lowest BCUT2D eigenvalue weighted by molar-refractivity contribution is -0.118. The van der Waals surface area contributed by atoms with E-state index in [1.54, 1.807) is 30.5 Å². The van der Waals surface area contributed by atoms with Crippen LogP contribution in [0.5, 0.6) is 5.75 Å². The molecule has 0 aliphatic heterocycles. The van der Waals surface area contributed by atoms with Crippen molar-refractivity contribution in [2.75, 3.05) is 5.73 Å². The lowest BCUT2D eigenvalue weighted by Gasteiger charge is -2.16. The van der Waals surface area contributed by atoms with Crippen LogP contribution < -0.4 is 5.73 Å². The maximum atomic E-state index is 12.1. The van der Waals surface area contributed by atoms with Gasteiger partial charge in [0.15, 0.2) is 5.13 Å². The second-order valence-corrected chi connectivity index (χ2v) is 6.45. The van der Waals surface area contributed by atoms with Crippen LogP contribution in [0.2, 0.25) is 5.82 Å². The number of rotatable bonds is 7. The van der Waals surface area contributed by atoms with Crippen LogP contribution in [0, 0.1) is 6.92 Å². The summed E-state index contributed by atoms with van der Waals surface area (Å²) in [5.74, 6) is -0.718. The Morgan fingerprint density at radius 2 is 2.17 bits per heavy atom. The predicted octanol–water partition coefficient (Wildman–Crippen LogP) is 1.33. The number of phenolic OH excluding ortho intramolecular Hbond substituents is 1. The van der Waals surface area contributed by atoms with Crippen LogP contribution in [-0.2, 0) is 17.6 Å². The largest absolute Gasteiger partial charge is 0.507 e. The molecule has 0 amide bonds. The van der Waals surface area contributed by atoms with Gasteiger partial charge in [-0.2, -0.15) is 0 Å². The van der Waals surface area contributed by atoms with E-state index in [-0.39, 0.29) is 30.8 Å². The van der Waals surface area contributed by atoms with E-state index in [1.807, 2.05) is 0 Å². The van der Waals surface area contributed by atoms with Crippen LogP contribution in [-0.4, -0.2) is 33.0 Å². The predicted molar refractivity (Wildman–Crippen MR) is 90.3 cm³/mol. The standard InChI is InChI=1S/C15H19BN2O4S/c1-9-3-2-4-10(14(9)20)5-11(16(21)22)6-13(19)7-12-8-23-15(17)18-12/h2-4,8,11,20-22H,5-7H2,1H3,(H2,17,18). The zero-order valence-corrected chi connectivity index (χ0v) is 13.6. The van der Waals surface area contributed by atoms with Crippen molar-refractivity contribution in [3.63, 3.8) is 0 Å². The summed E-state index contributed by atoms with van der Waals surface area (Å²) in [5, 5.41) is 31.2. The van der Waals surface area contributed by atoms with E-state index in [1.165, 1.54) is 11.3 Å². The third kappa shape index (κ3) is 4.79. The van der Waals surface area contributed by atoms with E-state index in [0.29, 0.717) is 22.0 Å². The highest BCUT2D eigenvalue weighted by Gasteiger charge is 2.27. The Bertz CT molecular complexity index is 690. The fourth-order valence-electron chi connectivity index (χ4n) is 2.42. The van der Waals surface area contributed by atoms with Crippen molar-refractivity contribution in [2.24, 2.45) is 0 Å². The van der Waals surface area contributed by atoms with Crippen molar-refractivity contribution in [1.29, 1.82) is 0 Å². The van der Waals surface area contributed by atoms with Gasteiger partial charge in [0.25, 0.3) is 0 Å². The minimum atomic E-state index is -1.64. The smallest absolute Gasteiger partial charge is 0.455 e. The summed E-state index contributed by atoms with van der Waals surface area (Å²) in [6.07, 6.45) is 0.301. The second-order valence-electron chi connectivity index (χ2n) is 5.56. The molecule has 5 N–H and O–H groups in total. The van der Waals surface area contributed by atoms with Gasteiger partial charge in [-0.25, -0.2) is 4.98 Å². The van der Waals surface area contributed by atoms with Crippen molar-refractivity contribution >= 4 is 29.4 Å². The number of hydrogen-bond donors (Lipinski definition) is 4. The van der Waals surface area contributed by atoms with Crippen LogP contribution in [0.1, 0.15) is 23.2 Å². The summed E-state index contributed by atoms with van der Waals surface area (Å²) in [6.45, 7) is 1.76. The Balaban J connectivity index is 2.03. The molecule has 0 saturated heterocycles. The first-order valence-corrected chi connectivity index (χ1v) is 8.10. The van der Waals surface area contributed by atoms with Gasteiger partial charge in [0.2, 0.25) is 0 Å². The van der Waals surface area contributed by atoms with Crippen LogP contribution >= 0.6 is 11.3 Å². The molecular formula is C15H19BN2O4S. The van der Waals surface area contributed by atoms with Gasteiger partial charge in [0.1, 0.15) is 11.5 Å². The molecule has 8 heteroatoms. The number of aryl methyl sites for hydroxylation is 1. The fourth-order valence-corrected chi connectivity index (χ4v) is 2.98. The highest BCUT2D eigenvalue weighted by Crippen LogP contribution is 2.28. The second kappa shape index (κ2) is 7.58. The molecule has 0 fully saturated rings. The van der Waals surface area contributed by atoms with Gasteiger partial charge >= 0.3 is 7.12 Å². The van der Waals surface area contributed by atoms with Crippen LogP contribution in [0.15, 0.2) is 23.6 Å². The summed E-state index contributed by atoms with van der Waals surface area (Å²) >= 11 is 1.26. The number of aromatic hydroxyl groups is 1. The molecule has 2 rings (SSSR count). The maximum Gasteiger partial charge on any atom is 0.455 e. The number of Topliss-reactive ketones (excluding diaryl/α,β-unsaturated/α-hetero) is 1. The Morgan fingerprint density at radius 3 is 2.78 bits per heavy atom. The lowest BCUT2D eigenvalue weighted by atomic mass is 9.67. The molecule has 0 aliphatic carbocycles. The Kier molecular flexibility index (Phi) is 5.76. The highest BCUT2D eigenvalue weighted by atomic mass is 32.1. The fraction of sp³-hybridized carbons (Fsp3) is 0.333. The zero-order valence-electron chi connectivity index (χ0n) is 12.8. The monoisotopic (exact) mass is 334 g/mol. The number of aromatic nitrogens is 1. The topological polar surface area (TPSA) is 117 Å². The minimum absolute atomic E-state index is 0.0114. The van der Waals surface area contributed by atoms with E-state index in [9.17, 15) is 19.9 Å². The van der Waals surface area contributed by atoms with Gasteiger partial charge in [-0.15, -0.1) is 11.3 Å². The number of thiazole rings is 1. The van der Waals surface area contributed by atoms with Crippen LogP contribution in [0.3, 0.4) is 0 Å². The molecule has 0 spiro atoms. The van der Waals surface area contributed by atoms with Crippen molar-refractivity contribution < 1.29 is 19.9 Å². The summed E-state index contributed by atoms with van der Waals surface area (Å²) in [6, 6.07) is 5.26. The number of nitrogens with two attached hydrogens (primary N) is 1. The first kappa shape index (κ1) is 17.5. The number of ketones is 1. The summed E-state index contributed by atoms with van der Waals surface area (Å²) in [7, 11) is -1.64. The molecule has 0 saturated carbocycles. The van der Waals surface area contributed by atoms with Crippen LogP contribution in [0.25, 0.3) is 0 Å². The van der Waals surface area contributed by atoms with E-state index < -0.39 is 12.9 Å². The molecule has 0 aliphatic rings. The molecule has 0 bridgehead atoms. The molecular weight excluding hydrogens is 315 g/mol. The van der Waals surface area contributed by atoms with Gasteiger partial charge in [-0.3, -0.25) is 4.79 Å². The maximum absolute atomic E-state index is 12.1. The molecule has 6 nitrogen and oxygen atoms in total. The minimum Gasteiger partial charge on any atom is -0.507 e. The molecule has 122 valence electrons. The Labute approximate surface area is 138 Å². The Morgan fingerprint density at radius 1 is 1.43 bits per heavy atom. The first-order chi connectivity index (χ1) is 10.9. The van der Waals surface area contributed by atoms with E-state index >= 15 is 0 Å². The third-order valence-electron chi connectivity index (χ3n) is 3.66. The van der Waals surface area contributed by atoms with Crippen molar-refractivity contribution in [2.45, 2.75) is 32.0 Å². The average Bonchev–Trinajstić information content (AvgIpc) is 2.88. The zero-order chi connectivity index (χ0) is 17.0. The number of para-hydroxylation sites is 1. The van der Waals surface area contributed by atoms with Gasteiger partial charge in [-0.1, -0.05) is 18.2 Å². The average molecular weight is 334 g/mol. The number of anilines is 1.